The number of hydrogen-bond acceptors (Lipinski definition) is 6. The Morgan fingerprint density at radius 2 is 1.82 bits per heavy atom. The number of nitrogens with zero attached hydrogens (tertiary/aromatic N) is 5. The van der Waals surface area contributed by atoms with Gasteiger partial charge in [0.2, 0.25) is 5.88 Å². The standard InChI is InChI=1S/C28H29FN6O3/c1-38-27-25(30-11-12-31-27)24-23(28(37)34-15-17(14-29)16-34)26-32-21(13-22(36)35(26)33-24)20-9-7-19(8-10-20)18-5-3-2-4-6-18/h7-13,17-18,32H,2-6,14-16H2,1H3. The van der Waals surface area contributed by atoms with Crippen LogP contribution in [0.1, 0.15) is 53.9 Å². The van der Waals surface area contributed by atoms with E-state index in [1.54, 1.807) is 4.90 Å². The van der Waals surface area contributed by atoms with Gasteiger partial charge in [-0.1, -0.05) is 43.5 Å². The number of halogens is 1. The molecule has 1 N–H and O–H groups in total. The van der Waals surface area contributed by atoms with Gasteiger partial charge in [0.15, 0.2) is 11.3 Å². The summed E-state index contributed by atoms with van der Waals surface area (Å²) in [6.07, 6.45) is 9.18. The molecule has 1 aliphatic heterocycles. The number of amides is 1. The van der Waals surface area contributed by atoms with Crippen molar-refractivity contribution < 1.29 is 13.9 Å². The van der Waals surface area contributed by atoms with Crippen molar-refractivity contribution in [1.29, 1.82) is 0 Å². The minimum Gasteiger partial charge on any atom is -0.479 e. The Morgan fingerprint density at radius 3 is 2.53 bits per heavy atom. The van der Waals surface area contributed by atoms with Crippen LogP contribution in [0.2, 0.25) is 0 Å². The van der Waals surface area contributed by atoms with Crippen molar-refractivity contribution in [1.82, 2.24) is 29.5 Å². The van der Waals surface area contributed by atoms with Crippen molar-refractivity contribution in [3.05, 3.63) is 64.2 Å². The number of aromatic amines is 1. The first-order chi connectivity index (χ1) is 18.6. The second-order valence-corrected chi connectivity index (χ2v) is 10.1. The van der Waals surface area contributed by atoms with E-state index in [0.29, 0.717) is 24.7 Å². The molecule has 38 heavy (non-hydrogen) atoms. The molecule has 6 rings (SSSR count). The quantitative estimate of drug-likeness (QED) is 0.411. The monoisotopic (exact) mass is 516 g/mol. The lowest BCUT2D eigenvalue weighted by Gasteiger charge is -2.37. The molecule has 1 aliphatic carbocycles. The van der Waals surface area contributed by atoms with Crippen LogP contribution in [0.15, 0.2) is 47.5 Å². The normalized spacial score (nSPS) is 16.5. The zero-order valence-electron chi connectivity index (χ0n) is 21.2. The molecule has 0 unspecified atom stereocenters. The number of ether oxygens (including phenoxy) is 1. The van der Waals surface area contributed by atoms with E-state index in [4.69, 9.17) is 4.74 Å². The largest absolute Gasteiger partial charge is 0.479 e. The average molecular weight is 517 g/mol. The smallest absolute Gasteiger partial charge is 0.274 e. The predicted molar refractivity (Wildman–Crippen MR) is 140 cm³/mol. The van der Waals surface area contributed by atoms with E-state index in [-0.39, 0.29) is 40.3 Å². The van der Waals surface area contributed by atoms with Gasteiger partial charge in [-0.25, -0.2) is 9.97 Å². The second-order valence-electron chi connectivity index (χ2n) is 10.1. The molecule has 3 aromatic heterocycles. The van der Waals surface area contributed by atoms with Crippen LogP contribution in [-0.4, -0.2) is 62.2 Å². The SMILES string of the molecule is COc1nccnc1-c1nn2c(=O)cc(-c3ccc(C4CCCCC4)cc3)[nH]c2c1C(=O)N1CC(CF)C1. The van der Waals surface area contributed by atoms with E-state index < -0.39 is 12.2 Å². The third kappa shape index (κ3) is 4.23. The molecule has 196 valence electrons. The van der Waals surface area contributed by atoms with Crippen LogP contribution in [0.4, 0.5) is 4.39 Å². The summed E-state index contributed by atoms with van der Waals surface area (Å²) in [5, 5.41) is 4.47. The van der Waals surface area contributed by atoms with Crippen LogP contribution >= 0.6 is 0 Å². The maximum atomic E-state index is 13.7. The Kier molecular flexibility index (Phi) is 6.39. The molecule has 2 aliphatic rings. The van der Waals surface area contributed by atoms with E-state index in [9.17, 15) is 14.0 Å². The number of nitrogens with one attached hydrogen (secondary N) is 1. The fourth-order valence-corrected chi connectivity index (χ4v) is 5.56. The highest BCUT2D eigenvalue weighted by Crippen LogP contribution is 2.34. The van der Waals surface area contributed by atoms with Crippen molar-refractivity contribution in [2.24, 2.45) is 5.92 Å². The number of hydrogen-bond donors (Lipinski definition) is 1. The van der Waals surface area contributed by atoms with Gasteiger partial charge in [0.05, 0.1) is 19.5 Å². The molecule has 1 aromatic carbocycles. The van der Waals surface area contributed by atoms with Crippen LogP contribution in [0.5, 0.6) is 5.88 Å². The van der Waals surface area contributed by atoms with Gasteiger partial charge in [-0.2, -0.15) is 9.61 Å². The summed E-state index contributed by atoms with van der Waals surface area (Å²) in [5.74, 6) is 0.217. The highest BCUT2D eigenvalue weighted by atomic mass is 19.1. The van der Waals surface area contributed by atoms with Crippen molar-refractivity contribution in [3.63, 3.8) is 0 Å². The molecule has 4 aromatic rings. The predicted octanol–water partition coefficient (Wildman–Crippen LogP) is 4.24. The summed E-state index contributed by atoms with van der Waals surface area (Å²) in [6.45, 7) is 0.119. The Morgan fingerprint density at radius 1 is 1.08 bits per heavy atom. The Hall–Kier alpha value is -4.08. The van der Waals surface area contributed by atoms with Crippen LogP contribution < -0.4 is 10.3 Å². The number of alkyl halides is 1. The maximum absolute atomic E-state index is 13.7. The Labute approximate surface area is 218 Å². The van der Waals surface area contributed by atoms with E-state index in [2.05, 4.69) is 32.2 Å². The summed E-state index contributed by atoms with van der Waals surface area (Å²) in [5.41, 5.74) is 3.20. The van der Waals surface area contributed by atoms with Gasteiger partial charge in [-0.05, 0) is 29.9 Å². The molecule has 9 nitrogen and oxygen atoms in total. The van der Waals surface area contributed by atoms with E-state index in [1.165, 1.54) is 67.8 Å². The molecule has 0 bridgehead atoms. The molecule has 1 saturated heterocycles. The summed E-state index contributed by atoms with van der Waals surface area (Å²) >= 11 is 0. The molecular formula is C28H29FN6O3. The molecule has 0 atom stereocenters. The molecule has 2 fully saturated rings. The molecule has 0 spiro atoms. The number of fused-ring (bicyclic) bond motifs is 1. The maximum Gasteiger partial charge on any atom is 0.274 e. The first-order valence-corrected chi connectivity index (χ1v) is 13.0. The Bertz CT molecular complexity index is 1530. The number of likely N-dealkylation sites (tertiary alicyclic amines) is 1. The highest BCUT2D eigenvalue weighted by Gasteiger charge is 2.36. The Balaban J connectivity index is 1.46. The first kappa shape index (κ1) is 24.3. The van der Waals surface area contributed by atoms with Crippen LogP contribution in [0.25, 0.3) is 28.3 Å². The minimum absolute atomic E-state index is 0.180. The van der Waals surface area contributed by atoms with Gasteiger partial charge in [-0.3, -0.25) is 14.0 Å². The molecular weight excluding hydrogens is 487 g/mol. The number of carbonyl (C=O) groups is 1. The van der Waals surface area contributed by atoms with Gasteiger partial charge < -0.3 is 14.6 Å². The zero-order chi connectivity index (χ0) is 26.2. The lowest BCUT2D eigenvalue weighted by Crippen LogP contribution is -2.50. The summed E-state index contributed by atoms with van der Waals surface area (Å²) < 4.78 is 19.7. The van der Waals surface area contributed by atoms with Crippen molar-refractivity contribution >= 4 is 11.6 Å². The van der Waals surface area contributed by atoms with Crippen molar-refractivity contribution in [2.75, 3.05) is 26.9 Å². The topological polar surface area (TPSA) is 105 Å². The number of H-pyrrole nitrogens is 1. The van der Waals surface area contributed by atoms with E-state index in [0.717, 1.165) is 5.56 Å². The summed E-state index contributed by atoms with van der Waals surface area (Å²) in [6, 6.07) is 9.76. The summed E-state index contributed by atoms with van der Waals surface area (Å²) in [7, 11) is 1.45. The number of aromatic nitrogens is 5. The highest BCUT2D eigenvalue weighted by molar-refractivity contribution is 6.06. The first-order valence-electron chi connectivity index (χ1n) is 13.0. The second kappa shape index (κ2) is 10.00. The number of methoxy groups -OCH3 is 1. The zero-order valence-corrected chi connectivity index (χ0v) is 21.2. The van der Waals surface area contributed by atoms with Crippen LogP contribution in [-0.2, 0) is 0 Å². The van der Waals surface area contributed by atoms with E-state index >= 15 is 0 Å². The average Bonchev–Trinajstić information content (AvgIpc) is 3.33. The fraction of sp³-hybridized carbons (Fsp3) is 0.393. The molecule has 0 radical (unpaired) electrons. The molecule has 10 heteroatoms. The van der Waals surface area contributed by atoms with Gasteiger partial charge >= 0.3 is 0 Å². The lowest BCUT2D eigenvalue weighted by atomic mass is 9.84. The molecule has 4 heterocycles. The lowest BCUT2D eigenvalue weighted by molar-refractivity contribution is 0.0455. The van der Waals surface area contributed by atoms with Crippen molar-refractivity contribution in [3.8, 4) is 28.5 Å². The van der Waals surface area contributed by atoms with Crippen LogP contribution in [0, 0.1) is 5.92 Å². The fourth-order valence-electron chi connectivity index (χ4n) is 5.56. The van der Waals surface area contributed by atoms with Crippen LogP contribution in [0.3, 0.4) is 0 Å². The van der Waals surface area contributed by atoms with Gasteiger partial charge in [-0.15, -0.1) is 0 Å². The van der Waals surface area contributed by atoms with Gasteiger partial charge in [0.25, 0.3) is 11.5 Å². The number of rotatable bonds is 6. The van der Waals surface area contributed by atoms with Gasteiger partial charge in [0, 0.05) is 37.5 Å². The summed E-state index contributed by atoms with van der Waals surface area (Å²) in [4.78, 5) is 40.3. The minimum atomic E-state index is -0.485. The van der Waals surface area contributed by atoms with E-state index in [1.807, 2.05) is 12.1 Å². The molecule has 1 saturated carbocycles. The number of benzene rings is 1. The van der Waals surface area contributed by atoms with Crippen molar-refractivity contribution in [2.45, 2.75) is 38.0 Å². The third-order valence-electron chi connectivity index (χ3n) is 7.67. The van der Waals surface area contributed by atoms with Gasteiger partial charge in [0.1, 0.15) is 11.3 Å². The number of carbonyl (C=O) groups excluding carboxylic acids is 1. The third-order valence-corrected chi connectivity index (χ3v) is 7.67. The molecule has 1 amide bonds.